The normalized spacial score (nSPS) is 10.8. The second-order valence-electron chi connectivity index (χ2n) is 4.96. The molecule has 0 amide bonds. The van der Waals surface area contributed by atoms with Crippen molar-refractivity contribution in [3.8, 4) is 0 Å². The average molecular weight is 314 g/mol. The van der Waals surface area contributed by atoms with Crippen LogP contribution in [-0.4, -0.2) is 15.4 Å². The molecule has 3 heterocycles. The van der Waals surface area contributed by atoms with Gasteiger partial charge in [0, 0.05) is 11.8 Å². The summed E-state index contributed by atoms with van der Waals surface area (Å²) in [5.74, 6) is -0.390. The number of aryl methyl sites for hydroxylation is 2. The second kappa shape index (κ2) is 5.73. The molecule has 3 aromatic heterocycles. The third kappa shape index (κ3) is 2.65. The molecule has 0 unspecified atom stereocenters. The summed E-state index contributed by atoms with van der Waals surface area (Å²) in [6.07, 6.45) is 0. The molecule has 3 rings (SSSR count). The first-order valence-electron chi connectivity index (χ1n) is 6.76. The number of hydrogen-bond donors (Lipinski definition) is 0. The minimum absolute atomic E-state index is 0.0180. The monoisotopic (exact) mass is 314 g/mol. The van der Waals surface area contributed by atoms with Crippen LogP contribution in [0.1, 0.15) is 26.6 Å². The Labute approximate surface area is 130 Å². The van der Waals surface area contributed by atoms with Crippen molar-refractivity contribution in [2.24, 2.45) is 0 Å². The van der Waals surface area contributed by atoms with Crippen molar-refractivity contribution in [3.63, 3.8) is 0 Å². The molecule has 0 aliphatic heterocycles. The van der Waals surface area contributed by atoms with Gasteiger partial charge >= 0.3 is 5.97 Å². The molecule has 3 aromatic rings. The van der Waals surface area contributed by atoms with Gasteiger partial charge in [-0.1, -0.05) is 6.07 Å². The number of thiophene rings is 1. The van der Waals surface area contributed by atoms with E-state index in [4.69, 9.17) is 4.74 Å². The first-order chi connectivity index (χ1) is 10.6. The lowest BCUT2D eigenvalue weighted by Crippen LogP contribution is -2.18. The summed E-state index contributed by atoms with van der Waals surface area (Å²) in [4.78, 5) is 29.1. The molecule has 112 valence electrons. The zero-order valence-electron chi connectivity index (χ0n) is 12.2. The number of carbonyl (C=O) groups is 1. The van der Waals surface area contributed by atoms with E-state index in [1.165, 1.54) is 21.8 Å². The summed E-state index contributed by atoms with van der Waals surface area (Å²) in [6.45, 7) is 3.68. The van der Waals surface area contributed by atoms with Crippen molar-refractivity contribution in [2.45, 2.75) is 20.5 Å². The fraction of sp³-hybridized carbons (Fsp3) is 0.188. The number of pyridine rings is 1. The molecule has 0 aliphatic carbocycles. The third-order valence-corrected chi connectivity index (χ3v) is 4.33. The predicted molar refractivity (Wildman–Crippen MR) is 84.4 cm³/mol. The van der Waals surface area contributed by atoms with Crippen LogP contribution in [0.2, 0.25) is 0 Å². The highest BCUT2D eigenvalue weighted by molar-refractivity contribution is 7.12. The van der Waals surface area contributed by atoms with Crippen LogP contribution in [0, 0.1) is 13.8 Å². The molecule has 0 saturated heterocycles. The molecule has 6 heteroatoms. The Kier molecular flexibility index (Phi) is 3.77. The summed E-state index contributed by atoms with van der Waals surface area (Å²) in [7, 11) is 0. The number of fused-ring (bicyclic) bond motifs is 1. The Balaban J connectivity index is 1.85. The molecule has 22 heavy (non-hydrogen) atoms. The van der Waals surface area contributed by atoms with E-state index in [0.29, 0.717) is 16.2 Å². The van der Waals surface area contributed by atoms with Gasteiger partial charge in [-0.25, -0.2) is 9.78 Å². The van der Waals surface area contributed by atoms with E-state index in [1.807, 2.05) is 37.4 Å². The summed E-state index contributed by atoms with van der Waals surface area (Å²) in [6, 6.07) is 8.69. The lowest BCUT2D eigenvalue weighted by atomic mass is 10.3. The molecule has 0 aromatic carbocycles. The summed E-state index contributed by atoms with van der Waals surface area (Å²) in [5.41, 5.74) is 2.51. The van der Waals surface area contributed by atoms with E-state index in [2.05, 4.69) is 4.98 Å². The first kappa shape index (κ1) is 14.5. The van der Waals surface area contributed by atoms with Crippen molar-refractivity contribution in [1.29, 1.82) is 0 Å². The lowest BCUT2D eigenvalue weighted by Gasteiger charge is -2.07. The van der Waals surface area contributed by atoms with Gasteiger partial charge in [-0.05, 0) is 43.0 Å². The standard InChI is InChI=1S/C16H14N2O3S/c1-10-6-7-22-15(10)16(20)21-9-12-8-14(19)18-11(2)4-3-5-13(18)17-12/h3-8H,9H2,1-2H3. The van der Waals surface area contributed by atoms with E-state index in [9.17, 15) is 9.59 Å². The van der Waals surface area contributed by atoms with Gasteiger partial charge in [-0.2, -0.15) is 0 Å². The lowest BCUT2D eigenvalue weighted by molar-refractivity contribution is 0.0473. The van der Waals surface area contributed by atoms with Crippen molar-refractivity contribution in [1.82, 2.24) is 9.38 Å². The van der Waals surface area contributed by atoms with Crippen molar-refractivity contribution in [2.75, 3.05) is 0 Å². The zero-order chi connectivity index (χ0) is 15.7. The van der Waals surface area contributed by atoms with Crippen LogP contribution in [0.25, 0.3) is 5.65 Å². The van der Waals surface area contributed by atoms with E-state index in [-0.39, 0.29) is 12.2 Å². The second-order valence-corrected chi connectivity index (χ2v) is 5.87. The maximum Gasteiger partial charge on any atom is 0.348 e. The Hall–Kier alpha value is -2.47. The summed E-state index contributed by atoms with van der Waals surface area (Å²) in [5, 5.41) is 1.84. The third-order valence-electron chi connectivity index (χ3n) is 3.33. The highest BCUT2D eigenvalue weighted by Gasteiger charge is 2.13. The van der Waals surface area contributed by atoms with Crippen LogP contribution in [0.3, 0.4) is 0 Å². The van der Waals surface area contributed by atoms with E-state index in [0.717, 1.165) is 11.3 Å². The van der Waals surface area contributed by atoms with Crippen LogP contribution in [0.15, 0.2) is 40.5 Å². The van der Waals surface area contributed by atoms with Crippen LogP contribution >= 0.6 is 11.3 Å². The topological polar surface area (TPSA) is 60.7 Å². The molecule has 0 fully saturated rings. The van der Waals surface area contributed by atoms with Gasteiger partial charge in [-0.3, -0.25) is 9.20 Å². The highest BCUT2D eigenvalue weighted by Crippen LogP contribution is 2.17. The molecule has 0 saturated carbocycles. The number of nitrogens with zero attached hydrogens (tertiary/aromatic N) is 2. The van der Waals surface area contributed by atoms with Gasteiger partial charge < -0.3 is 4.74 Å². The molecule has 0 aliphatic rings. The number of aromatic nitrogens is 2. The van der Waals surface area contributed by atoms with Crippen LogP contribution < -0.4 is 5.56 Å². The fourth-order valence-electron chi connectivity index (χ4n) is 2.22. The van der Waals surface area contributed by atoms with Crippen molar-refractivity contribution in [3.05, 3.63) is 67.9 Å². The number of rotatable bonds is 3. The van der Waals surface area contributed by atoms with Gasteiger partial charge in [0.05, 0.1) is 5.69 Å². The molecule has 5 nitrogen and oxygen atoms in total. The van der Waals surface area contributed by atoms with Crippen molar-refractivity contribution >= 4 is 23.0 Å². The molecular weight excluding hydrogens is 300 g/mol. The van der Waals surface area contributed by atoms with Gasteiger partial charge in [-0.15, -0.1) is 11.3 Å². The smallest absolute Gasteiger partial charge is 0.348 e. The fourth-order valence-corrected chi connectivity index (χ4v) is 3.04. The van der Waals surface area contributed by atoms with Gasteiger partial charge in [0.25, 0.3) is 5.56 Å². The first-order valence-corrected chi connectivity index (χ1v) is 7.64. The number of hydrogen-bond acceptors (Lipinski definition) is 5. The molecule has 0 spiro atoms. The Morgan fingerprint density at radius 3 is 2.86 bits per heavy atom. The van der Waals surface area contributed by atoms with Crippen LogP contribution in [0.4, 0.5) is 0 Å². The summed E-state index contributed by atoms with van der Waals surface area (Å²) >= 11 is 1.34. The molecule has 0 atom stereocenters. The molecular formula is C16H14N2O3S. The van der Waals surface area contributed by atoms with Gasteiger partial charge in [0.1, 0.15) is 17.1 Å². The quantitative estimate of drug-likeness (QED) is 0.697. The Morgan fingerprint density at radius 1 is 1.32 bits per heavy atom. The summed E-state index contributed by atoms with van der Waals surface area (Å²) < 4.78 is 6.77. The average Bonchev–Trinajstić information content (AvgIpc) is 2.91. The maximum atomic E-state index is 12.1. The largest absolute Gasteiger partial charge is 0.455 e. The molecule has 0 radical (unpaired) electrons. The van der Waals surface area contributed by atoms with Gasteiger partial charge in [0.15, 0.2) is 0 Å². The SMILES string of the molecule is Cc1ccsc1C(=O)OCc1cc(=O)n2c(C)cccc2n1. The van der Waals surface area contributed by atoms with Crippen LogP contribution in [-0.2, 0) is 11.3 Å². The number of ether oxygens (including phenoxy) is 1. The Bertz CT molecular complexity index is 911. The van der Waals surface area contributed by atoms with Crippen molar-refractivity contribution < 1.29 is 9.53 Å². The number of carbonyl (C=O) groups excluding carboxylic acids is 1. The number of esters is 1. The maximum absolute atomic E-state index is 12.1. The molecule has 0 bridgehead atoms. The van der Waals surface area contributed by atoms with Gasteiger partial charge in [0.2, 0.25) is 0 Å². The van der Waals surface area contributed by atoms with E-state index in [1.54, 1.807) is 6.07 Å². The molecule has 0 N–H and O–H groups in total. The zero-order valence-corrected chi connectivity index (χ0v) is 13.0. The van der Waals surface area contributed by atoms with E-state index < -0.39 is 5.97 Å². The Morgan fingerprint density at radius 2 is 2.14 bits per heavy atom. The predicted octanol–water partition coefficient (Wildman–Crippen LogP) is 2.73. The van der Waals surface area contributed by atoms with E-state index >= 15 is 0 Å². The minimum Gasteiger partial charge on any atom is -0.455 e. The highest BCUT2D eigenvalue weighted by atomic mass is 32.1. The minimum atomic E-state index is -0.390. The van der Waals surface area contributed by atoms with Crippen LogP contribution in [0.5, 0.6) is 0 Å².